The summed E-state index contributed by atoms with van der Waals surface area (Å²) in [6.07, 6.45) is 0. The van der Waals surface area contributed by atoms with E-state index in [0.29, 0.717) is 17.2 Å². The summed E-state index contributed by atoms with van der Waals surface area (Å²) >= 11 is 0. The predicted molar refractivity (Wildman–Crippen MR) is 210 cm³/mol. The van der Waals surface area contributed by atoms with Crippen molar-refractivity contribution in [3.05, 3.63) is 140 Å². The number of rotatable bonds is 2. The van der Waals surface area contributed by atoms with Crippen LogP contribution in [0.1, 0.15) is 0 Å². The van der Waals surface area contributed by atoms with Gasteiger partial charge in [0.1, 0.15) is 39.1 Å². The number of fused-ring (bicyclic) bond motifs is 9. The molecule has 13 rings (SSSR count). The second-order valence-corrected chi connectivity index (χ2v) is 13.7. The van der Waals surface area contributed by atoms with E-state index < -0.39 is 0 Å². The average Bonchev–Trinajstić information content (AvgIpc) is 3.95. The van der Waals surface area contributed by atoms with Crippen molar-refractivity contribution < 1.29 is 13.3 Å². The Morgan fingerprint density at radius 1 is 0.385 bits per heavy atom. The molecule has 0 aliphatic heterocycles. The smallest absolute Gasteiger partial charge is 0.236 e. The van der Waals surface area contributed by atoms with Gasteiger partial charge in [-0.3, -0.25) is 4.57 Å². The fraction of sp³-hybridized carbons (Fsp3) is 0. The molecule has 5 heterocycles. The van der Waals surface area contributed by atoms with E-state index in [1.807, 2.05) is 36.4 Å². The first-order valence-electron chi connectivity index (χ1n) is 17.4. The number of para-hydroxylation sites is 2. The fourth-order valence-corrected chi connectivity index (χ4v) is 8.82. The molecule has 0 fully saturated rings. The van der Waals surface area contributed by atoms with Gasteiger partial charge in [0.25, 0.3) is 0 Å². The van der Waals surface area contributed by atoms with E-state index in [4.69, 9.17) is 23.2 Å². The van der Waals surface area contributed by atoms with Crippen molar-refractivity contribution in [2.75, 3.05) is 0 Å². The zero-order valence-corrected chi connectivity index (χ0v) is 27.3. The molecule has 0 saturated heterocycles. The number of hydrogen-bond acceptors (Lipinski definition) is 5. The van der Waals surface area contributed by atoms with Crippen molar-refractivity contribution in [1.82, 2.24) is 14.5 Å². The molecule has 6 nitrogen and oxygen atoms in total. The first-order chi connectivity index (χ1) is 25.8. The molecule has 240 valence electrons. The van der Waals surface area contributed by atoms with Gasteiger partial charge in [-0.2, -0.15) is 0 Å². The molecule has 0 saturated carbocycles. The fourth-order valence-electron chi connectivity index (χ4n) is 8.82. The lowest BCUT2D eigenvalue weighted by molar-refractivity contribution is 0.666. The van der Waals surface area contributed by atoms with Crippen molar-refractivity contribution in [2.45, 2.75) is 0 Å². The van der Waals surface area contributed by atoms with Gasteiger partial charge in [0.05, 0.1) is 11.0 Å². The summed E-state index contributed by atoms with van der Waals surface area (Å²) in [7, 11) is 0. The van der Waals surface area contributed by atoms with Gasteiger partial charge in [0.15, 0.2) is 5.58 Å². The van der Waals surface area contributed by atoms with E-state index >= 15 is 0 Å². The Morgan fingerprint density at radius 3 is 1.85 bits per heavy atom. The van der Waals surface area contributed by atoms with E-state index in [-0.39, 0.29) is 0 Å². The molecule has 13 aromatic rings. The molecule has 6 heteroatoms. The van der Waals surface area contributed by atoms with Crippen LogP contribution in [-0.4, -0.2) is 14.5 Å². The highest BCUT2D eigenvalue weighted by atomic mass is 16.3. The van der Waals surface area contributed by atoms with Crippen LogP contribution >= 0.6 is 0 Å². The second kappa shape index (κ2) is 9.33. The number of hydrogen-bond donors (Lipinski definition) is 0. The van der Waals surface area contributed by atoms with Gasteiger partial charge >= 0.3 is 0 Å². The molecule has 0 spiro atoms. The van der Waals surface area contributed by atoms with Crippen LogP contribution in [0, 0.1) is 0 Å². The van der Waals surface area contributed by atoms with Crippen molar-refractivity contribution in [3.63, 3.8) is 0 Å². The topological polar surface area (TPSA) is 70.1 Å². The Balaban J connectivity index is 1.21. The molecule has 0 aliphatic rings. The van der Waals surface area contributed by atoms with E-state index in [9.17, 15) is 0 Å². The Morgan fingerprint density at radius 2 is 1.00 bits per heavy atom. The van der Waals surface area contributed by atoms with Crippen molar-refractivity contribution in [1.29, 1.82) is 0 Å². The third-order valence-electron chi connectivity index (χ3n) is 11.0. The van der Waals surface area contributed by atoms with Gasteiger partial charge in [0, 0.05) is 43.3 Å². The molecular weight excluding hydrogens is 643 g/mol. The largest absolute Gasteiger partial charge is 0.456 e. The van der Waals surface area contributed by atoms with Crippen LogP contribution in [0.2, 0.25) is 0 Å². The van der Waals surface area contributed by atoms with Gasteiger partial charge in [-0.05, 0) is 76.1 Å². The van der Waals surface area contributed by atoms with Crippen LogP contribution in [0.5, 0.6) is 0 Å². The molecule has 0 aliphatic carbocycles. The monoisotopic (exact) mass is 665 g/mol. The zero-order valence-electron chi connectivity index (χ0n) is 27.3. The average molecular weight is 666 g/mol. The van der Waals surface area contributed by atoms with Gasteiger partial charge in [0.2, 0.25) is 5.95 Å². The normalized spacial score (nSPS) is 12.6. The minimum Gasteiger partial charge on any atom is -0.456 e. The van der Waals surface area contributed by atoms with E-state index in [2.05, 4.69) is 108 Å². The third-order valence-corrected chi connectivity index (χ3v) is 11.0. The molecule has 0 radical (unpaired) electrons. The van der Waals surface area contributed by atoms with Crippen LogP contribution < -0.4 is 0 Å². The summed E-state index contributed by atoms with van der Waals surface area (Å²) in [5.74, 6) is 0.566. The summed E-state index contributed by atoms with van der Waals surface area (Å²) in [5.41, 5.74) is 9.19. The van der Waals surface area contributed by atoms with Gasteiger partial charge < -0.3 is 13.3 Å². The summed E-state index contributed by atoms with van der Waals surface area (Å²) in [6.45, 7) is 0. The third kappa shape index (κ3) is 3.25. The minimum absolute atomic E-state index is 0.566. The van der Waals surface area contributed by atoms with Crippen LogP contribution in [0.25, 0.3) is 127 Å². The van der Waals surface area contributed by atoms with Crippen LogP contribution in [-0.2, 0) is 0 Å². The van der Waals surface area contributed by atoms with Gasteiger partial charge in [-0.1, -0.05) is 84.9 Å². The molecule has 8 aromatic carbocycles. The number of aromatic nitrogens is 3. The molecule has 52 heavy (non-hydrogen) atoms. The highest BCUT2D eigenvalue weighted by Gasteiger charge is 2.26. The first-order valence-corrected chi connectivity index (χ1v) is 17.4. The minimum atomic E-state index is 0.566. The number of nitrogens with zero attached hydrogens (tertiary/aromatic N) is 3. The SMILES string of the molecule is c1ccc2c(c1)oc1cc(-c3nc(-n4c5cccc6c7ccccc7c7cccc8oc9ccc4c(c9c87)c65)nc4c3oc3ccccc34)ccc12. The summed E-state index contributed by atoms with van der Waals surface area (Å²) in [4.78, 5) is 10.7. The zero-order chi connectivity index (χ0) is 33.7. The Labute approximate surface area is 293 Å². The summed E-state index contributed by atoms with van der Waals surface area (Å²) in [6, 6.07) is 48.3. The number of benzene rings is 7. The molecule has 0 bridgehead atoms. The molecule has 0 N–H and O–H groups in total. The number of furan rings is 3. The van der Waals surface area contributed by atoms with Crippen LogP contribution in [0.15, 0.2) is 153 Å². The quantitative estimate of drug-likeness (QED) is 0.184. The maximum absolute atomic E-state index is 6.57. The lowest BCUT2D eigenvalue weighted by Crippen LogP contribution is -2.02. The van der Waals surface area contributed by atoms with Crippen molar-refractivity contribution in [3.8, 4) is 17.2 Å². The summed E-state index contributed by atoms with van der Waals surface area (Å²) < 4.78 is 21.7. The Hall–Kier alpha value is -7.18. The highest BCUT2D eigenvalue weighted by molar-refractivity contribution is 6.38. The van der Waals surface area contributed by atoms with E-state index in [0.717, 1.165) is 87.7 Å². The maximum Gasteiger partial charge on any atom is 0.236 e. The second-order valence-electron chi connectivity index (χ2n) is 13.7. The lowest BCUT2D eigenvalue weighted by atomic mass is 9.95. The Bertz CT molecular complexity index is 3650. The lowest BCUT2D eigenvalue weighted by Gasteiger charge is -2.09. The van der Waals surface area contributed by atoms with Crippen LogP contribution in [0.3, 0.4) is 0 Å². The van der Waals surface area contributed by atoms with E-state index in [1.165, 1.54) is 21.5 Å². The molecule has 0 atom stereocenters. The predicted octanol–water partition coefficient (Wildman–Crippen LogP) is 12.7. The standard InChI is InChI=1S/C46H23N3O3/c1-2-10-26-25(9-1)29-13-7-15-32-39(29)41-33(21-22-37-42(41)40-30(26)14-8-18-36(40)51-37)49(32)46-47-43(45-44(48-46)31-12-4-6-17-35(31)52-45)24-19-20-28-27-11-3-5-16-34(27)50-38(28)23-24/h1-23H. The van der Waals surface area contributed by atoms with E-state index in [1.54, 1.807) is 0 Å². The maximum atomic E-state index is 6.57. The molecule has 5 aromatic heterocycles. The van der Waals surface area contributed by atoms with Gasteiger partial charge in [-0.25, -0.2) is 9.97 Å². The molecular formula is C46H23N3O3. The van der Waals surface area contributed by atoms with Crippen molar-refractivity contribution >= 4 is 109 Å². The first kappa shape index (κ1) is 26.7. The summed E-state index contributed by atoms with van der Waals surface area (Å²) in [5, 5.41) is 12.3. The Kier molecular flexibility index (Phi) is 4.78. The van der Waals surface area contributed by atoms with Gasteiger partial charge in [-0.15, -0.1) is 0 Å². The van der Waals surface area contributed by atoms with Crippen molar-refractivity contribution in [2.24, 2.45) is 0 Å². The molecule has 0 unspecified atom stereocenters. The molecule has 0 amide bonds. The van der Waals surface area contributed by atoms with Crippen LogP contribution in [0.4, 0.5) is 0 Å². The highest BCUT2D eigenvalue weighted by Crippen LogP contribution is 2.47.